The zero-order valence-corrected chi connectivity index (χ0v) is 9.58. The van der Waals surface area contributed by atoms with E-state index in [4.69, 9.17) is 11.6 Å². The molecule has 2 aromatic rings. The lowest BCUT2D eigenvalue weighted by molar-refractivity contribution is -0.383. The zero-order chi connectivity index (χ0) is 11.9. The van der Waals surface area contributed by atoms with Gasteiger partial charge in [-0.2, -0.15) is 0 Å². The summed E-state index contributed by atoms with van der Waals surface area (Å²) in [6.45, 7) is 3.67. The van der Waals surface area contributed by atoms with Crippen molar-refractivity contribution < 1.29 is 4.92 Å². The molecular weight excluding hydrogens is 228 g/mol. The van der Waals surface area contributed by atoms with Crippen LogP contribution in [-0.4, -0.2) is 9.91 Å². The number of nitro groups is 1. The minimum atomic E-state index is -0.440. The Bertz CT molecular complexity index is 596. The predicted octanol–water partition coefficient (Wildman–Crippen LogP) is 3.41. The largest absolute Gasteiger partial charge is 0.280 e. The van der Waals surface area contributed by atoms with Crippen molar-refractivity contribution in [3.63, 3.8) is 0 Å². The second kappa shape index (κ2) is 3.72. The number of nitro benzene ring substituents is 1. The Morgan fingerprint density at radius 1 is 1.38 bits per heavy atom. The summed E-state index contributed by atoms with van der Waals surface area (Å²) in [4.78, 5) is 14.7. The first kappa shape index (κ1) is 10.8. The monoisotopic (exact) mass is 236 g/mol. The van der Waals surface area contributed by atoms with Crippen LogP contribution in [0.1, 0.15) is 11.3 Å². The minimum Gasteiger partial charge on any atom is -0.258 e. The quantitative estimate of drug-likeness (QED) is 0.563. The predicted molar refractivity (Wildman–Crippen MR) is 62.9 cm³/mol. The number of hydrogen-bond donors (Lipinski definition) is 0. The summed E-state index contributed by atoms with van der Waals surface area (Å²) in [5, 5.41) is 11.7. The normalized spacial score (nSPS) is 10.7. The first-order chi connectivity index (χ1) is 7.50. The third kappa shape index (κ3) is 1.61. The summed E-state index contributed by atoms with van der Waals surface area (Å²) in [5.74, 6) is 0. The molecule has 1 heterocycles. The highest BCUT2D eigenvalue weighted by atomic mass is 35.5. The molecule has 0 aliphatic heterocycles. The molecule has 0 bridgehead atoms. The molecule has 5 heteroatoms. The maximum Gasteiger partial charge on any atom is 0.280 e. The summed E-state index contributed by atoms with van der Waals surface area (Å²) in [6, 6.07) is 4.78. The molecule has 0 saturated carbocycles. The smallest absolute Gasteiger partial charge is 0.258 e. The van der Waals surface area contributed by atoms with Gasteiger partial charge < -0.3 is 0 Å². The van der Waals surface area contributed by atoms with E-state index in [0.29, 0.717) is 15.9 Å². The van der Waals surface area contributed by atoms with E-state index < -0.39 is 4.92 Å². The maximum atomic E-state index is 10.9. The lowest BCUT2D eigenvalue weighted by Gasteiger charge is -2.05. The number of non-ortho nitro benzene ring substituents is 1. The molecule has 0 amide bonds. The standard InChI is InChI=1S/C11H9ClN2O2/c1-6-3-4-9(14(15)16)10-8(12)5-7(2)13-11(6)10/h3-5H,1-2H3. The highest BCUT2D eigenvalue weighted by Gasteiger charge is 2.17. The van der Waals surface area contributed by atoms with Gasteiger partial charge in [0.1, 0.15) is 0 Å². The third-order valence-corrected chi connectivity index (χ3v) is 2.72. The van der Waals surface area contributed by atoms with Crippen LogP contribution < -0.4 is 0 Å². The average molecular weight is 237 g/mol. The van der Waals surface area contributed by atoms with Gasteiger partial charge in [0, 0.05) is 11.8 Å². The topological polar surface area (TPSA) is 56.0 Å². The van der Waals surface area contributed by atoms with E-state index in [-0.39, 0.29) is 5.69 Å². The Kier molecular flexibility index (Phi) is 2.52. The molecule has 0 fully saturated rings. The Hall–Kier alpha value is -1.68. The fourth-order valence-electron chi connectivity index (χ4n) is 1.68. The molecule has 0 N–H and O–H groups in total. The number of hydrogen-bond acceptors (Lipinski definition) is 3. The highest BCUT2D eigenvalue weighted by Crippen LogP contribution is 2.33. The molecule has 1 aromatic heterocycles. The van der Waals surface area contributed by atoms with Crippen LogP contribution in [0.15, 0.2) is 18.2 Å². The summed E-state index contributed by atoms with van der Waals surface area (Å²) < 4.78 is 0. The van der Waals surface area contributed by atoms with Crippen LogP contribution in [0.4, 0.5) is 5.69 Å². The first-order valence-electron chi connectivity index (χ1n) is 4.71. The van der Waals surface area contributed by atoms with E-state index in [1.54, 1.807) is 12.1 Å². The van der Waals surface area contributed by atoms with Crippen molar-refractivity contribution in [3.8, 4) is 0 Å². The van der Waals surface area contributed by atoms with E-state index >= 15 is 0 Å². The molecular formula is C11H9ClN2O2. The van der Waals surface area contributed by atoms with Crippen LogP contribution in [0.2, 0.25) is 5.02 Å². The number of nitrogens with zero attached hydrogens (tertiary/aromatic N) is 2. The molecule has 1 aromatic carbocycles. The van der Waals surface area contributed by atoms with Gasteiger partial charge in [-0.25, -0.2) is 0 Å². The Labute approximate surface area is 97.0 Å². The van der Waals surface area contributed by atoms with Crippen LogP contribution in [0, 0.1) is 24.0 Å². The first-order valence-corrected chi connectivity index (χ1v) is 5.09. The fraction of sp³-hybridized carbons (Fsp3) is 0.182. The molecule has 0 aliphatic rings. The van der Waals surface area contributed by atoms with Gasteiger partial charge in [-0.05, 0) is 25.5 Å². The van der Waals surface area contributed by atoms with Gasteiger partial charge >= 0.3 is 0 Å². The van der Waals surface area contributed by atoms with Crippen molar-refractivity contribution >= 4 is 28.2 Å². The molecule has 16 heavy (non-hydrogen) atoms. The molecule has 82 valence electrons. The van der Waals surface area contributed by atoms with Gasteiger partial charge in [-0.15, -0.1) is 0 Å². The molecule has 0 unspecified atom stereocenters. The van der Waals surface area contributed by atoms with Crippen LogP contribution in [0.5, 0.6) is 0 Å². The number of aryl methyl sites for hydroxylation is 2. The van der Waals surface area contributed by atoms with E-state index in [9.17, 15) is 10.1 Å². The van der Waals surface area contributed by atoms with Crippen molar-refractivity contribution in [2.75, 3.05) is 0 Å². The second-order valence-corrected chi connectivity index (χ2v) is 4.03. The second-order valence-electron chi connectivity index (χ2n) is 3.63. The molecule has 0 atom stereocenters. The van der Waals surface area contributed by atoms with Crippen molar-refractivity contribution in [1.82, 2.24) is 4.98 Å². The van der Waals surface area contributed by atoms with E-state index in [2.05, 4.69) is 4.98 Å². The van der Waals surface area contributed by atoms with Gasteiger partial charge in [0.05, 0.1) is 20.8 Å². The Balaban J connectivity index is 2.98. The number of benzene rings is 1. The van der Waals surface area contributed by atoms with Crippen LogP contribution in [0.3, 0.4) is 0 Å². The van der Waals surface area contributed by atoms with Crippen molar-refractivity contribution in [3.05, 3.63) is 44.6 Å². The molecule has 0 saturated heterocycles. The number of pyridine rings is 1. The van der Waals surface area contributed by atoms with Crippen molar-refractivity contribution in [1.29, 1.82) is 0 Å². The molecule has 0 radical (unpaired) electrons. The van der Waals surface area contributed by atoms with Crippen molar-refractivity contribution in [2.24, 2.45) is 0 Å². The van der Waals surface area contributed by atoms with Gasteiger partial charge in [0.25, 0.3) is 5.69 Å². The number of halogens is 1. The Morgan fingerprint density at radius 3 is 2.69 bits per heavy atom. The number of aromatic nitrogens is 1. The van der Waals surface area contributed by atoms with Gasteiger partial charge in [-0.3, -0.25) is 15.1 Å². The summed E-state index contributed by atoms with van der Waals surface area (Å²) in [5.41, 5.74) is 2.23. The summed E-state index contributed by atoms with van der Waals surface area (Å²) in [6.07, 6.45) is 0. The summed E-state index contributed by atoms with van der Waals surface area (Å²) in [7, 11) is 0. The van der Waals surface area contributed by atoms with Crippen LogP contribution >= 0.6 is 11.6 Å². The third-order valence-electron chi connectivity index (χ3n) is 2.42. The number of rotatable bonds is 1. The van der Waals surface area contributed by atoms with Gasteiger partial charge in [0.15, 0.2) is 0 Å². The Morgan fingerprint density at radius 2 is 2.06 bits per heavy atom. The summed E-state index contributed by atoms with van der Waals surface area (Å²) >= 11 is 6.04. The van der Waals surface area contributed by atoms with E-state index in [1.807, 2.05) is 13.8 Å². The lowest BCUT2D eigenvalue weighted by atomic mass is 10.1. The molecule has 2 rings (SSSR count). The molecule has 0 spiro atoms. The van der Waals surface area contributed by atoms with Crippen molar-refractivity contribution in [2.45, 2.75) is 13.8 Å². The van der Waals surface area contributed by atoms with Gasteiger partial charge in [-0.1, -0.05) is 17.7 Å². The molecule has 4 nitrogen and oxygen atoms in total. The van der Waals surface area contributed by atoms with Gasteiger partial charge in [0.2, 0.25) is 0 Å². The molecule has 0 aliphatic carbocycles. The van der Waals surface area contributed by atoms with Crippen LogP contribution in [0.25, 0.3) is 10.9 Å². The van der Waals surface area contributed by atoms with E-state index in [1.165, 1.54) is 6.07 Å². The highest BCUT2D eigenvalue weighted by molar-refractivity contribution is 6.36. The number of fused-ring (bicyclic) bond motifs is 1. The fourth-order valence-corrected chi connectivity index (χ4v) is 2.02. The minimum absolute atomic E-state index is 0.00176. The SMILES string of the molecule is Cc1cc(Cl)c2c([N+](=O)[O-])ccc(C)c2n1. The lowest BCUT2D eigenvalue weighted by Crippen LogP contribution is -1.94. The van der Waals surface area contributed by atoms with Crippen LogP contribution in [-0.2, 0) is 0 Å². The zero-order valence-electron chi connectivity index (χ0n) is 8.82. The van der Waals surface area contributed by atoms with E-state index in [0.717, 1.165) is 11.3 Å². The maximum absolute atomic E-state index is 10.9. The average Bonchev–Trinajstić information content (AvgIpc) is 2.19.